The van der Waals surface area contributed by atoms with Gasteiger partial charge in [-0.25, -0.2) is 0 Å². The van der Waals surface area contributed by atoms with Crippen LogP contribution in [0.3, 0.4) is 0 Å². The van der Waals surface area contributed by atoms with E-state index in [-0.39, 0.29) is 0 Å². The minimum atomic E-state index is 0.403. The van der Waals surface area contributed by atoms with Gasteiger partial charge in [0.05, 0.1) is 6.20 Å². The molecule has 0 amide bonds. The van der Waals surface area contributed by atoms with Crippen LogP contribution in [0.25, 0.3) is 0 Å². The van der Waals surface area contributed by atoms with Gasteiger partial charge in [-0.05, 0) is 30.9 Å². The van der Waals surface area contributed by atoms with Crippen molar-refractivity contribution >= 4 is 0 Å². The molecule has 3 nitrogen and oxygen atoms in total. The van der Waals surface area contributed by atoms with Crippen molar-refractivity contribution in [1.82, 2.24) is 15.1 Å². The molecule has 0 aliphatic carbocycles. The van der Waals surface area contributed by atoms with E-state index >= 15 is 0 Å². The lowest BCUT2D eigenvalue weighted by atomic mass is 10.0. The molecule has 1 aromatic carbocycles. The first-order valence-electron chi connectivity index (χ1n) is 7.45. The molecule has 1 unspecified atom stereocenters. The molecule has 108 valence electrons. The quantitative estimate of drug-likeness (QED) is 0.871. The van der Waals surface area contributed by atoms with Gasteiger partial charge in [0.1, 0.15) is 0 Å². The van der Waals surface area contributed by atoms with E-state index in [2.05, 4.69) is 55.5 Å². The summed E-state index contributed by atoms with van der Waals surface area (Å²) in [7, 11) is 1.99. The number of aryl methyl sites for hydroxylation is 2. The van der Waals surface area contributed by atoms with Crippen LogP contribution in [0.4, 0.5) is 0 Å². The lowest BCUT2D eigenvalue weighted by Crippen LogP contribution is -2.20. The maximum atomic E-state index is 4.29. The maximum absolute atomic E-state index is 4.29. The largest absolute Gasteiger partial charge is 0.306 e. The van der Waals surface area contributed by atoms with Crippen molar-refractivity contribution in [2.24, 2.45) is 7.05 Å². The van der Waals surface area contributed by atoms with E-state index < -0.39 is 0 Å². The first-order valence-corrected chi connectivity index (χ1v) is 7.45. The molecule has 0 fully saturated rings. The molecule has 2 aromatic rings. The molecule has 1 N–H and O–H groups in total. The molecule has 0 saturated carbocycles. The number of nitrogens with zero attached hydrogens (tertiary/aromatic N) is 2. The fraction of sp³-hybridized carbons (Fsp3) is 0.471. The minimum absolute atomic E-state index is 0.403. The fourth-order valence-electron chi connectivity index (χ4n) is 2.43. The topological polar surface area (TPSA) is 29.9 Å². The second-order valence-corrected chi connectivity index (χ2v) is 5.32. The Balaban J connectivity index is 2.03. The second-order valence-electron chi connectivity index (χ2n) is 5.32. The third kappa shape index (κ3) is 3.28. The molecule has 2 rings (SSSR count). The molecule has 20 heavy (non-hydrogen) atoms. The van der Waals surface area contributed by atoms with E-state index in [4.69, 9.17) is 0 Å². The van der Waals surface area contributed by atoms with E-state index in [0.29, 0.717) is 6.04 Å². The molecule has 1 aromatic heterocycles. The average Bonchev–Trinajstić information content (AvgIpc) is 2.80. The van der Waals surface area contributed by atoms with E-state index in [1.807, 2.05) is 17.9 Å². The molecule has 3 heteroatoms. The Hall–Kier alpha value is -1.61. The van der Waals surface area contributed by atoms with Crippen molar-refractivity contribution < 1.29 is 0 Å². The van der Waals surface area contributed by atoms with E-state index in [0.717, 1.165) is 19.4 Å². The van der Waals surface area contributed by atoms with Crippen molar-refractivity contribution in [2.45, 2.75) is 46.2 Å². The van der Waals surface area contributed by atoms with Gasteiger partial charge in [-0.3, -0.25) is 4.68 Å². The fourth-order valence-corrected chi connectivity index (χ4v) is 2.43. The van der Waals surface area contributed by atoms with Crippen LogP contribution < -0.4 is 5.32 Å². The SMILES string of the molecule is CCc1ccc(C(CC)NCc2cnn(C)c2C)cc1. The van der Waals surface area contributed by atoms with Crippen LogP contribution in [0.2, 0.25) is 0 Å². The summed E-state index contributed by atoms with van der Waals surface area (Å²) in [6.07, 6.45) is 4.14. The Bertz CT molecular complexity index is 540. The number of nitrogens with one attached hydrogen (secondary N) is 1. The van der Waals surface area contributed by atoms with Gasteiger partial charge in [0.25, 0.3) is 0 Å². The van der Waals surface area contributed by atoms with Crippen LogP contribution >= 0.6 is 0 Å². The molecular formula is C17H25N3. The summed E-state index contributed by atoms with van der Waals surface area (Å²) in [4.78, 5) is 0. The van der Waals surface area contributed by atoms with Crippen molar-refractivity contribution in [2.75, 3.05) is 0 Å². The summed E-state index contributed by atoms with van der Waals surface area (Å²) in [5.74, 6) is 0. The Labute approximate surface area is 122 Å². The molecule has 0 radical (unpaired) electrons. The number of hydrogen-bond acceptors (Lipinski definition) is 2. The predicted molar refractivity (Wildman–Crippen MR) is 83.6 cm³/mol. The number of aromatic nitrogens is 2. The zero-order valence-electron chi connectivity index (χ0n) is 13.0. The predicted octanol–water partition coefficient (Wildman–Crippen LogP) is 3.53. The van der Waals surface area contributed by atoms with Crippen LogP contribution in [-0.2, 0) is 20.0 Å². The van der Waals surface area contributed by atoms with E-state index in [9.17, 15) is 0 Å². The molecule has 1 atom stereocenters. The summed E-state index contributed by atoms with van der Waals surface area (Å²) in [6.45, 7) is 7.39. The summed E-state index contributed by atoms with van der Waals surface area (Å²) < 4.78 is 1.92. The summed E-state index contributed by atoms with van der Waals surface area (Å²) >= 11 is 0. The van der Waals surface area contributed by atoms with E-state index in [1.54, 1.807) is 0 Å². The van der Waals surface area contributed by atoms with Gasteiger partial charge in [0.2, 0.25) is 0 Å². The zero-order chi connectivity index (χ0) is 14.5. The summed E-state index contributed by atoms with van der Waals surface area (Å²) in [5, 5.41) is 7.93. The summed E-state index contributed by atoms with van der Waals surface area (Å²) in [6, 6.07) is 9.36. The van der Waals surface area contributed by atoms with Crippen LogP contribution in [0.5, 0.6) is 0 Å². The first-order chi connectivity index (χ1) is 9.65. The first kappa shape index (κ1) is 14.8. The van der Waals surface area contributed by atoms with Crippen LogP contribution in [0.15, 0.2) is 30.5 Å². The molecule has 0 aliphatic rings. The molecule has 0 aliphatic heterocycles. The zero-order valence-corrected chi connectivity index (χ0v) is 13.0. The van der Waals surface area contributed by atoms with Crippen LogP contribution in [-0.4, -0.2) is 9.78 Å². The second kappa shape index (κ2) is 6.71. The number of benzene rings is 1. The van der Waals surface area contributed by atoms with Crippen molar-refractivity contribution in [3.8, 4) is 0 Å². The third-order valence-corrected chi connectivity index (χ3v) is 4.07. The third-order valence-electron chi connectivity index (χ3n) is 4.07. The monoisotopic (exact) mass is 271 g/mol. The standard InChI is InChI=1S/C17H25N3/c1-5-14-7-9-15(10-8-14)17(6-2)18-11-16-12-19-20(4)13(16)3/h7-10,12,17-18H,5-6,11H2,1-4H3. The van der Waals surface area contributed by atoms with Gasteiger partial charge < -0.3 is 5.32 Å². The number of rotatable bonds is 6. The molecule has 0 spiro atoms. The van der Waals surface area contributed by atoms with Crippen molar-refractivity contribution in [3.05, 3.63) is 52.8 Å². The van der Waals surface area contributed by atoms with Gasteiger partial charge in [0, 0.05) is 30.9 Å². The lowest BCUT2D eigenvalue weighted by molar-refractivity contribution is 0.517. The molecule has 1 heterocycles. The van der Waals surface area contributed by atoms with Gasteiger partial charge in [-0.2, -0.15) is 5.10 Å². The van der Waals surface area contributed by atoms with E-state index in [1.165, 1.54) is 22.4 Å². The van der Waals surface area contributed by atoms with Gasteiger partial charge in [-0.15, -0.1) is 0 Å². The van der Waals surface area contributed by atoms with Gasteiger partial charge >= 0.3 is 0 Å². The normalized spacial score (nSPS) is 12.6. The van der Waals surface area contributed by atoms with Crippen molar-refractivity contribution in [3.63, 3.8) is 0 Å². The number of hydrogen-bond donors (Lipinski definition) is 1. The maximum Gasteiger partial charge on any atom is 0.0537 e. The Kier molecular flexibility index (Phi) is 4.96. The highest BCUT2D eigenvalue weighted by Crippen LogP contribution is 2.18. The van der Waals surface area contributed by atoms with Gasteiger partial charge in [-0.1, -0.05) is 38.1 Å². The molecule has 0 saturated heterocycles. The molecule has 0 bridgehead atoms. The Morgan fingerprint density at radius 2 is 1.90 bits per heavy atom. The highest BCUT2D eigenvalue weighted by atomic mass is 15.3. The highest BCUT2D eigenvalue weighted by molar-refractivity contribution is 5.25. The minimum Gasteiger partial charge on any atom is -0.306 e. The Morgan fingerprint density at radius 3 is 2.40 bits per heavy atom. The average molecular weight is 271 g/mol. The van der Waals surface area contributed by atoms with Crippen LogP contribution in [0, 0.1) is 6.92 Å². The highest BCUT2D eigenvalue weighted by Gasteiger charge is 2.10. The van der Waals surface area contributed by atoms with Crippen molar-refractivity contribution in [1.29, 1.82) is 0 Å². The smallest absolute Gasteiger partial charge is 0.0537 e. The summed E-state index contributed by atoms with van der Waals surface area (Å²) in [5.41, 5.74) is 5.27. The van der Waals surface area contributed by atoms with Gasteiger partial charge in [0.15, 0.2) is 0 Å². The van der Waals surface area contributed by atoms with Crippen LogP contribution in [0.1, 0.15) is 48.7 Å². The molecular weight excluding hydrogens is 246 g/mol. The Morgan fingerprint density at radius 1 is 1.20 bits per heavy atom. The lowest BCUT2D eigenvalue weighted by Gasteiger charge is -2.17.